The van der Waals surface area contributed by atoms with Crippen LogP contribution in [0, 0.1) is 11.6 Å². The topological polar surface area (TPSA) is 29.3 Å². The normalized spacial score (nSPS) is 12.7. The highest BCUT2D eigenvalue weighted by molar-refractivity contribution is 5.47. The molecule has 2 N–H and O–H groups in total. The average molecular weight is 276 g/mol. The van der Waals surface area contributed by atoms with E-state index < -0.39 is 5.82 Å². The Balaban J connectivity index is 2.18. The number of para-hydroxylation sites is 1. The third-order valence-electron chi connectivity index (χ3n) is 3.58. The maximum Gasteiger partial charge on any atom is 0.146 e. The Morgan fingerprint density at radius 2 is 1.70 bits per heavy atom. The van der Waals surface area contributed by atoms with Gasteiger partial charge in [-0.15, -0.1) is 0 Å². The van der Waals surface area contributed by atoms with Gasteiger partial charge < -0.3 is 5.73 Å². The largest absolute Gasteiger partial charge is 0.396 e. The molecule has 0 radical (unpaired) electrons. The summed E-state index contributed by atoms with van der Waals surface area (Å²) < 4.78 is 27.2. The molecule has 20 heavy (non-hydrogen) atoms. The molecule has 2 nitrogen and oxygen atoms in total. The Morgan fingerprint density at radius 1 is 1.05 bits per heavy atom. The van der Waals surface area contributed by atoms with Gasteiger partial charge in [0.1, 0.15) is 11.6 Å². The van der Waals surface area contributed by atoms with E-state index in [9.17, 15) is 8.78 Å². The van der Waals surface area contributed by atoms with Crippen LogP contribution in [0.25, 0.3) is 0 Å². The maximum atomic E-state index is 13.8. The zero-order chi connectivity index (χ0) is 14.7. The van der Waals surface area contributed by atoms with Gasteiger partial charge in [0, 0.05) is 18.2 Å². The van der Waals surface area contributed by atoms with Gasteiger partial charge in [0.25, 0.3) is 0 Å². The van der Waals surface area contributed by atoms with Crippen molar-refractivity contribution in [3.63, 3.8) is 0 Å². The first-order valence-corrected chi connectivity index (χ1v) is 6.48. The molecular formula is C16H18F2N2. The number of hydrogen-bond acceptors (Lipinski definition) is 2. The Morgan fingerprint density at radius 3 is 2.40 bits per heavy atom. The Labute approximate surface area is 117 Å². The second-order valence-corrected chi connectivity index (χ2v) is 4.93. The molecule has 0 aromatic heterocycles. The lowest BCUT2D eigenvalue weighted by molar-refractivity contribution is 0.248. The van der Waals surface area contributed by atoms with Crippen LogP contribution in [0.5, 0.6) is 0 Å². The first-order chi connectivity index (χ1) is 9.50. The first-order valence-electron chi connectivity index (χ1n) is 6.48. The molecule has 0 aliphatic heterocycles. The van der Waals surface area contributed by atoms with Crippen LogP contribution in [0.1, 0.15) is 24.1 Å². The van der Waals surface area contributed by atoms with E-state index in [1.54, 1.807) is 30.3 Å². The number of rotatable bonds is 4. The van der Waals surface area contributed by atoms with Crippen LogP contribution >= 0.6 is 0 Å². The number of nitrogens with zero attached hydrogens (tertiary/aromatic N) is 1. The van der Waals surface area contributed by atoms with Crippen molar-refractivity contribution < 1.29 is 8.78 Å². The summed E-state index contributed by atoms with van der Waals surface area (Å²) in [6.07, 6.45) is 0. The fraction of sp³-hybridized carbons (Fsp3) is 0.250. The number of halogens is 2. The van der Waals surface area contributed by atoms with E-state index in [0.717, 1.165) is 0 Å². The number of hydrogen-bond donors (Lipinski definition) is 1. The van der Waals surface area contributed by atoms with Crippen LogP contribution in [0.2, 0.25) is 0 Å². The summed E-state index contributed by atoms with van der Waals surface area (Å²) in [5.41, 5.74) is 7.20. The van der Waals surface area contributed by atoms with Crippen LogP contribution in [-0.4, -0.2) is 11.9 Å². The van der Waals surface area contributed by atoms with Crippen molar-refractivity contribution in [2.45, 2.75) is 19.5 Å². The smallest absolute Gasteiger partial charge is 0.146 e. The van der Waals surface area contributed by atoms with Gasteiger partial charge in [-0.1, -0.05) is 30.3 Å². The van der Waals surface area contributed by atoms with Crippen LogP contribution < -0.4 is 5.73 Å². The molecule has 0 saturated heterocycles. The van der Waals surface area contributed by atoms with E-state index in [1.807, 2.05) is 18.9 Å². The first kappa shape index (κ1) is 14.5. The van der Waals surface area contributed by atoms with E-state index in [-0.39, 0.29) is 17.5 Å². The summed E-state index contributed by atoms with van der Waals surface area (Å²) >= 11 is 0. The lowest BCUT2D eigenvalue weighted by Gasteiger charge is -2.26. The molecule has 0 bridgehead atoms. The third kappa shape index (κ3) is 2.96. The zero-order valence-electron chi connectivity index (χ0n) is 11.6. The zero-order valence-corrected chi connectivity index (χ0v) is 11.6. The lowest BCUT2D eigenvalue weighted by Crippen LogP contribution is -2.23. The molecule has 2 aromatic rings. The highest BCUT2D eigenvalue weighted by Crippen LogP contribution is 2.25. The van der Waals surface area contributed by atoms with Crippen molar-refractivity contribution in [2.24, 2.45) is 0 Å². The number of nitrogens with two attached hydrogens (primary N) is 1. The number of nitrogen functional groups attached to an aromatic ring is 1. The van der Waals surface area contributed by atoms with Crippen molar-refractivity contribution in [3.8, 4) is 0 Å². The minimum atomic E-state index is -0.422. The average Bonchev–Trinajstić information content (AvgIpc) is 2.43. The summed E-state index contributed by atoms with van der Waals surface area (Å²) in [5.74, 6) is -0.659. The van der Waals surface area contributed by atoms with Crippen LogP contribution in [-0.2, 0) is 6.54 Å². The van der Waals surface area contributed by atoms with Gasteiger partial charge in [0.05, 0.1) is 5.69 Å². The Kier molecular flexibility index (Phi) is 4.35. The third-order valence-corrected chi connectivity index (χ3v) is 3.58. The Hall–Kier alpha value is -1.94. The molecular weight excluding hydrogens is 258 g/mol. The molecule has 0 amide bonds. The maximum absolute atomic E-state index is 13.8. The summed E-state index contributed by atoms with van der Waals surface area (Å²) in [7, 11) is 1.86. The number of anilines is 1. The van der Waals surface area contributed by atoms with Gasteiger partial charge in [0.15, 0.2) is 0 Å². The van der Waals surface area contributed by atoms with E-state index in [0.29, 0.717) is 17.7 Å². The molecule has 1 atom stereocenters. The van der Waals surface area contributed by atoms with Gasteiger partial charge in [-0.3, -0.25) is 4.90 Å². The molecule has 106 valence electrons. The molecule has 0 fully saturated rings. The molecule has 0 heterocycles. The second kappa shape index (κ2) is 6.01. The van der Waals surface area contributed by atoms with Gasteiger partial charge >= 0.3 is 0 Å². The predicted octanol–water partition coefficient (Wildman–Crippen LogP) is 3.74. The molecule has 1 unspecified atom stereocenters. The molecule has 4 heteroatoms. The van der Waals surface area contributed by atoms with E-state index >= 15 is 0 Å². The van der Waals surface area contributed by atoms with Gasteiger partial charge in [-0.2, -0.15) is 0 Å². The van der Waals surface area contributed by atoms with Crippen molar-refractivity contribution >= 4 is 5.69 Å². The second-order valence-electron chi connectivity index (χ2n) is 4.93. The predicted molar refractivity (Wildman–Crippen MR) is 77.1 cm³/mol. The van der Waals surface area contributed by atoms with Gasteiger partial charge in [-0.25, -0.2) is 8.78 Å². The Bertz CT molecular complexity index is 599. The number of benzene rings is 2. The van der Waals surface area contributed by atoms with Gasteiger partial charge in [-0.05, 0) is 31.7 Å². The molecule has 2 aromatic carbocycles. The quantitative estimate of drug-likeness (QED) is 0.862. The van der Waals surface area contributed by atoms with Crippen molar-refractivity contribution in [2.75, 3.05) is 12.8 Å². The SMILES string of the molecule is CC(c1ccccc1F)N(C)Cc1cccc(F)c1N. The van der Waals surface area contributed by atoms with Crippen LogP contribution in [0.15, 0.2) is 42.5 Å². The standard InChI is InChI=1S/C16H18F2N2/c1-11(13-7-3-4-8-14(13)17)20(2)10-12-6-5-9-15(18)16(12)19/h3-9,11H,10,19H2,1-2H3. The fourth-order valence-electron chi connectivity index (χ4n) is 2.18. The monoisotopic (exact) mass is 276 g/mol. The summed E-state index contributed by atoms with van der Waals surface area (Å²) in [5, 5.41) is 0. The molecule has 2 rings (SSSR count). The molecule has 0 saturated carbocycles. The van der Waals surface area contributed by atoms with Gasteiger partial charge in [0.2, 0.25) is 0 Å². The van der Waals surface area contributed by atoms with Crippen LogP contribution in [0.4, 0.5) is 14.5 Å². The summed E-state index contributed by atoms with van der Waals surface area (Å²) in [6.45, 7) is 2.37. The summed E-state index contributed by atoms with van der Waals surface area (Å²) in [6, 6.07) is 11.3. The lowest BCUT2D eigenvalue weighted by atomic mass is 10.1. The van der Waals surface area contributed by atoms with Crippen molar-refractivity contribution in [1.29, 1.82) is 0 Å². The highest BCUT2D eigenvalue weighted by atomic mass is 19.1. The molecule has 0 aliphatic rings. The highest BCUT2D eigenvalue weighted by Gasteiger charge is 2.16. The van der Waals surface area contributed by atoms with E-state index in [2.05, 4.69) is 0 Å². The van der Waals surface area contributed by atoms with Crippen LogP contribution in [0.3, 0.4) is 0 Å². The summed E-state index contributed by atoms with van der Waals surface area (Å²) in [4.78, 5) is 1.93. The molecule has 0 aliphatic carbocycles. The van der Waals surface area contributed by atoms with Crippen molar-refractivity contribution in [3.05, 3.63) is 65.2 Å². The minimum absolute atomic E-state index is 0.126. The van der Waals surface area contributed by atoms with E-state index in [1.165, 1.54) is 12.1 Å². The molecule has 0 spiro atoms. The fourth-order valence-corrected chi connectivity index (χ4v) is 2.18. The van der Waals surface area contributed by atoms with Crippen molar-refractivity contribution in [1.82, 2.24) is 4.90 Å². The van der Waals surface area contributed by atoms with E-state index in [4.69, 9.17) is 5.73 Å². The minimum Gasteiger partial charge on any atom is -0.396 e.